The largest absolute Gasteiger partial charge is 0.465 e. The highest BCUT2D eigenvalue weighted by Gasteiger charge is 2.38. The summed E-state index contributed by atoms with van der Waals surface area (Å²) in [5, 5.41) is 0.551. The summed E-state index contributed by atoms with van der Waals surface area (Å²) < 4.78 is 16.4. The van der Waals surface area contributed by atoms with Crippen LogP contribution in [0.15, 0.2) is 57.7 Å². The average molecular weight is 477 g/mol. The normalized spacial score (nSPS) is 16.8. The zero-order chi connectivity index (χ0) is 20.7. The molecule has 148 valence electrons. The maximum Gasteiger partial charge on any atom is 0.340 e. The number of halogens is 2. The molecule has 6 nitrogen and oxygen atoms in total. The van der Waals surface area contributed by atoms with Gasteiger partial charge in [-0.2, -0.15) is 0 Å². The number of allylic oxidation sites excluding steroid dienone is 1. The smallest absolute Gasteiger partial charge is 0.340 e. The van der Waals surface area contributed by atoms with Gasteiger partial charge in [-0.3, -0.25) is 9.69 Å². The lowest BCUT2D eigenvalue weighted by Gasteiger charge is -2.18. The average Bonchev–Trinajstić information content (AvgIpc) is 3.24. The van der Waals surface area contributed by atoms with E-state index in [4.69, 9.17) is 25.8 Å². The number of hydrogen-bond donors (Lipinski definition) is 0. The van der Waals surface area contributed by atoms with Crippen molar-refractivity contribution in [3.63, 3.8) is 0 Å². The monoisotopic (exact) mass is 475 g/mol. The molecular formula is C21H15BrClNO5. The zero-order valence-corrected chi connectivity index (χ0v) is 17.8. The second kappa shape index (κ2) is 7.57. The first-order chi connectivity index (χ1) is 13.9. The Bertz CT molecular complexity index is 1090. The van der Waals surface area contributed by atoms with Crippen LogP contribution in [-0.2, 0) is 14.3 Å². The minimum Gasteiger partial charge on any atom is -0.465 e. The van der Waals surface area contributed by atoms with Crippen LogP contribution < -0.4 is 14.4 Å². The number of benzene rings is 2. The van der Waals surface area contributed by atoms with E-state index in [-0.39, 0.29) is 23.8 Å². The number of nitrogens with zero attached hydrogens (tertiary/aromatic N) is 1. The van der Waals surface area contributed by atoms with Crippen molar-refractivity contribution in [2.45, 2.75) is 6.92 Å². The topological polar surface area (TPSA) is 65.1 Å². The lowest BCUT2D eigenvalue weighted by molar-refractivity contribution is -0.136. The number of methoxy groups -OCH3 is 1. The van der Waals surface area contributed by atoms with Crippen LogP contribution in [0.25, 0.3) is 6.08 Å². The molecule has 0 saturated heterocycles. The summed E-state index contributed by atoms with van der Waals surface area (Å²) in [5.74, 6) is 0.255. The molecule has 0 radical (unpaired) electrons. The molecule has 29 heavy (non-hydrogen) atoms. The van der Waals surface area contributed by atoms with E-state index in [1.165, 1.54) is 12.0 Å². The fourth-order valence-electron chi connectivity index (χ4n) is 3.28. The van der Waals surface area contributed by atoms with Crippen molar-refractivity contribution in [2.75, 3.05) is 18.8 Å². The number of amides is 1. The molecule has 0 unspecified atom stereocenters. The second-order valence-electron chi connectivity index (χ2n) is 6.35. The molecule has 0 N–H and O–H groups in total. The number of hydrogen-bond acceptors (Lipinski definition) is 5. The summed E-state index contributed by atoms with van der Waals surface area (Å²) in [7, 11) is 1.28. The van der Waals surface area contributed by atoms with Gasteiger partial charge in [0.05, 0.1) is 18.3 Å². The summed E-state index contributed by atoms with van der Waals surface area (Å²) in [5.41, 5.74) is 2.18. The van der Waals surface area contributed by atoms with Crippen molar-refractivity contribution in [1.29, 1.82) is 0 Å². The summed E-state index contributed by atoms with van der Waals surface area (Å²) in [4.78, 5) is 27.2. The van der Waals surface area contributed by atoms with Crippen molar-refractivity contribution in [1.82, 2.24) is 0 Å². The first kappa shape index (κ1) is 19.5. The van der Waals surface area contributed by atoms with Crippen LogP contribution in [0.3, 0.4) is 0 Å². The van der Waals surface area contributed by atoms with E-state index in [0.29, 0.717) is 37.9 Å². The van der Waals surface area contributed by atoms with E-state index in [1.54, 1.807) is 49.4 Å². The summed E-state index contributed by atoms with van der Waals surface area (Å²) in [6.07, 6.45) is 1.64. The van der Waals surface area contributed by atoms with Crippen molar-refractivity contribution in [2.24, 2.45) is 0 Å². The first-order valence-electron chi connectivity index (χ1n) is 8.61. The molecule has 2 aliphatic rings. The molecule has 0 atom stereocenters. The molecule has 2 aromatic rings. The fourth-order valence-corrected chi connectivity index (χ4v) is 3.84. The number of carbonyl (C=O) groups excluding carboxylic acids is 2. The van der Waals surface area contributed by atoms with Gasteiger partial charge in [-0.1, -0.05) is 27.5 Å². The van der Waals surface area contributed by atoms with Gasteiger partial charge in [0.15, 0.2) is 11.5 Å². The van der Waals surface area contributed by atoms with Crippen LogP contribution in [0.2, 0.25) is 5.02 Å². The highest BCUT2D eigenvalue weighted by Crippen LogP contribution is 2.40. The molecule has 1 amide bonds. The second-order valence-corrected chi connectivity index (χ2v) is 7.64. The summed E-state index contributed by atoms with van der Waals surface area (Å²) in [6.45, 7) is 1.84. The number of fused-ring (bicyclic) bond motifs is 1. The molecule has 0 fully saturated rings. The fraction of sp³-hybridized carbons (Fsp3) is 0.143. The minimum absolute atomic E-state index is 0.136. The third-order valence-electron chi connectivity index (χ3n) is 4.67. The summed E-state index contributed by atoms with van der Waals surface area (Å²) >= 11 is 9.45. The van der Waals surface area contributed by atoms with Gasteiger partial charge < -0.3 is 14.2 Å². The highest BCUT2D eigenvalue weighted by atomic mass is 79.9. The Labute approximate surface area is 180 Å². The third kappa shape index (κ3) is 3.41. The van der Waals surface area contributed by atoms with E-state index in [1.807, 2.05) is 0 Å². The van der Waals surface area contributed by atoms with Gasteiger partial charge in [0, 0.05) is 20.9 Å². The Balaban J connectivity index is 1.84. The van der Waals surface area contributed by atoms with Gasteiger partial charge in [0.2, 0.25) is 6.79 Å². The van der Waals surface area contributed by atoms with Gasteiger partial charge in [-0.25, -0.2) is 4.79 Å². The van der Waals surface area contributed by atoms with E-state index in [9.17, 15) is 9.59 Å². The van der Waals surface area contributed by atoms with Crippen molar-refractivity contribution in [3.05, 3.63) is 68.3 Å². The van der Waals surface area contributed by atoms with Crippen LogP contribution in [0.5, 0.6) is 11.5 Å². The highest BCUT2D eigenvalue weighted by molar-refractivity contribution is 9.10. The number of anilines is 1. The lowest BCUT2D eigenvalue weighted by atomic mass is 10.0. The molecule has 0 spiro atoms. The number of carbonyl (C=O) groups is 2. The molecule has 0 aliphatic carbocycles. The van der Waals surface area contributed by atoms with E-state index >= 15 is 0 Å². The van der Waals surface area contributed by atoms with Gasteiger partial charge in [0.1, 0.15) is 0 Å². The number of esters is 1. The van der Waals surface area contributed by atoms with Crippen molar-refractivity contribution in [3.8, 4) is 11.5 Å². The zero-order valence-electron chi connectivity index (χ0n) is 15.5. The Morgan fingerprint density at radius 3 is 2.52 bits per heavy atom. The molecule has 2 aliphatic heterocycles. The Morgan fingerprint density at radius 2 is 1.86 bits per heavy atom. The SMILES string of the molecule is COC(=O)C1=C(C)N(c2ccc(Cl)cc2)C(=O)/C1=C\c1cc2c(cc1Br)OCO2. The van der Waals surface area contributed by atoms with Crippen LogP contribution >= 0.6 is 27.5 Å². The molecular weight excluding hydrogens is 462 g/mol. The molecule has 8 heteroatoms. The standard InChI is InChI=1S/C21H15BrClNO5/c1-11-19(21(26)27-2)15(20(25)24(11)14-5-3-13(23)4-6-14)7-12-8-17-18(9-16(12)22)29-10-28-17/h3-9H,10H2,1-2H3/b15-7-. The molecule has 4 rings (SSSR count). The van der Waals surface area contributed by atoms with Crippen molar-refractivity contribution >= 4 is 51.2 Å². The van der Waals surface area contributed by atoms with E-state index in [0.717, 1.165) is 0 Å². The van der Waals surface area contributed by atoms with Gasteiger partial charge in [-0.05, 0) is 55.0 Å². The van der Waals surface area contributed by atoms with Crippen molar-refractivity contribution < 1.29 is 23.8 Å². The summed E-state index contributed by atoms with van der Waals surface area (Å²) in [6, 6.07) is 10.3. The molecule has 0 aromatic heterocycles. The van der Waals surface area contributed by atoms with Crippen LogP contribution in [0.4, 0.5) is 5.69 Å². The Morgan fingerprint density at radius 1 is 1.21 bits per heavy atom. The maximum absolute atomic E-state index is 13.3. The van der Waals surface area contributed by atoms with Gasteiger partial charge >= 0.3 is 5.97 Å². The van der Waals surface area contributed by atoms with Crippen LogP contribution in [-0.4, -0.2) is 25.8 Å². The first-order valence-corrected chi connectivity index (χ1v) is 9.78. The Kier molecular flexibility index (Phi) is 5.10. The molecule has 2 aromatic carbocycles. The molecule has 0 bridgehead atoms. The molecule has 2 heterocycles. The van der Waals surface area contributed by atoms with Gasteiger partial charge in [0.25, 0.3) is 5.91 Å². The van der Waals surface area contributed by atoms with Gasteiger partial charge in [-0.15, -0.1) is 0 Å². The van der Waals surface area contributed by atoms with Crippen LogP contribution in [0, 0.1) is 0 Å². The van der Waals surface area contributed by atoms with E-state index in [2.05, 4.69) is 15.9 Å². The lowest BCUT2D eigenvalue weighted by Crippen LogP contribution is -2.24. The number of rotatable bonds is 3. The molecule has 0 saturated carbocycles. The number of ether oxygens (including phenoxy) is 3. The quantitative estimate of drug-likeness (QED) is 0.474. The minimum atomic E-state index is -0.588. The predicted molar refractivity (Wildman–Crippen MR) is 112 cm³/mol. The maximum atomic E-state index is 13.3. The predicted octanol–water partition coefficient (Wildman–Crippen LogP) is 4.71. The van der Waals surface area contributed by atoms with Crippen LogP contribution in [0.1, 0.15) is 12.5 Å². The third-order valence-corrected chi connectivity index (χ3v) is 5.60. The Hall–Kier alpha value is -2.77. The van der Waals surface area contributed by atoms with E-state index < -0.39 is 5.97 Å².